The van der Waals surface area contributed by atoms with Crippen molar-refractivity contribution in [3.8, 4) is 0 Å². The molecule has 0 radical (unpaired) electrons. The van der Waals surface area contributed by atoms with Gasteiger partial charge in [0.05, 0.1) is 6.10 Å². The molecule has 0 heterocycles. The van der Waals surface area contributed by atoms with E-state index in [9.17, 15) is 9.90 Å². The molecule has 0 aliphatic carbocycles. The van der Waals surface area contributed by atoms with Gasteiger partial charge in [-0.2, -0.15) is 0 Å². The molecule has 0 saturated heterocycles. The first-order valence-electron chi connectivity index (χ1n) is 6.50. The maximum absolute atomic E-state index is 11.4. The van der Waals surface area contributed by atoms with Crippen molar-refractivity contribution in [3.63, 3.8) is 0 Å². The molecule has 0 bridgehead atoms. The van der Waals surface area contributed by atoms with Crippen LogP contribution in [0.4, 0.5) is 5.69 Å². The molecular weight excluding hydrogens is 242 g/mol. The van der Waals surface area contributed by atoms with Gasteiger partial charge in [0.2, 0.25) is 0 Å². The van der Waals surface area contributed by atoms with Crippen LogP contribution in [0, 0.1) is 6.92 Å². The number of anilines is 1. The van der Waals surface area contributed by atoms with Crippen molar-refractivity contribution in [3.05, 3.63) is 29.3 Å². The molecule has 0 aliphatic rings. The summed E-state index contributed by atoms with van der Waals surface area (Å²) in [5, 5.41) is 12.4. The molecule has 0 aromatic heterocycles. The molecule has 1 aromatic rings. The third kappa shape index (κ3) is 3.70. The summed E-state index contributed by atoms with van der Waals surface area (Å²) in [7, 11) is 1.52. The summed E-state index contributed by atoms with van der Waals surface area (Å²) in [6.07, 6.45) is -0.405. The van der Waals surface area contributed by atoms with E-state index >= 15 is 0 Å². The minimum absolute atomic E-state index is 0.328. The Labute approximate surface area is 114 Å². The summed E-state index contributed by atoms with van der Waals surface area (Å²) in [6, 6.07) is 5.23. The number of carboxylic acids is 1. The number of hydrogen-bond acceptors (Lipinski definition) is 3. The highest BCUT2D eigenvalue weighted by atomic mass is 16.5. The number of aliphatic carboxylic acids is 1. The van der Waals surface area contributed by atoms with E-state index in [-0.39, 0.29) is 0 Å². The Hall–Kier alpha value is -1.55. The number of benzene rings is 1. The molecule has 2 atom stereocenters. The van der Waals surface area contributed by atoms with Gasteiger partial charge in [0, 0.05) is 12.8 Å². The predicted molar refractivity (Wildman–Crippen MR) is 76.8 cm³/mol. The molecule has 0 spiro atoms. The van der Waals surface area contributed by atoms with Gasteiger partial charge in [-0.3, -0.25) is 0 Å². The molecule has 19 heavy (non-hydrogen) atoms. The summed E-state index contributed by atoms with van der Waals surface area (Å²) < 4.78 is 5.14. The molecule has 1 aromatic carbocycles. The van der Waals surface area contributed by atoms with Crippen molar-refractivity contribution in [2.75, 3.05) is 12.4 Å². The van der Waals surface area contributed by atoms with Gasteiger partial charge in [0.25, 0.3) is 0 Å². The zero-order chi connectivity index (χ0) is 14.6. The zero-order valence-corrected chi connectivity index (χ0v) is 12.2. The maximum atomic E-state index is 11.4. The number of rotatable bonds is 6. The largest absolute Gasteiger partial charge is 0.480 e. The van der Waals surface area contributed by atoms with Gasteiger partial charge in [0.1, 0.15) is 0 Å². The van der Waals surface area contributed by atoms with Crippen LogP contribution in [0.2, 0.25) is 0 Å². The third-order valence-corrected chi connectivity index (χ3v) is 3.33. The van der Waals surface area contributed by atoms with Crippen LogP contribution >= 0.6 is 0 Å². The lowest BCUT2D eigenvalue weighted by Crippen LogP contribution is -2.40. The van der Waals surface area contributed by atoms with Crippen molar-refractivity contribution in [1.82, 2.24) is 0 Å². The number of nitrogens with one attached hydrogen (secondary N) is 1. The van der Waals surface area contributed by atoms with Gasteiger partial charge in [-0.15, -0.1) is 0 Å². The Morgan fingerprint density at radius 2 is 1.95 bits per heavy atom. The van der Waals surface area contributed by atoms with Crippen LogP contribution in [-0.2, 0) is 9.53 Å². The minimum Gasteiger partial charge on any atom is -0.480 e. The van der Waals surface area contributed by atoms with Crippen molar-refractivity contribution in [2.24, 2.45) is 0 Å². The van der Waals surface area contributed by atoms with Gasteiger partial charge in [-0.05, 0) is 30.9 Å². The fourth-order valence-electron chi connectivity index (χ4n) is 2.04. The zero-order valence-electron chi connectivity index (χ0n) is 12.2. The summed E-state index contributed by atoms with van der Waals surface area (Å²) in [4.78, 5) is 11.4. The number of ether oxygens (including phenoxy) is 1. The molecule has 0 amide bonds. The third-order valence-electron chi connectivity index (χ3n) is 3.33. The SMILES string of the molecule is COC(C)C(Nc1c(C)cccc1C(C)C)C(=O)O. The van der Waals surface area contributed by atoms with E-state index in [4.69, 9.17) is 4.74 Å². The van der Waals surface area contributed by atoms with Crippen molar-refractivity contribution < 1.29 is 14.6 Å². The Morgan fingerprint density at radius 3 is 2.42 bits per heavy atom. The standard InChI is InChI=1S/C15H23NO3/c1-9(2)12-8-6-7-10(3)13(12)16-14(15(17)18)11(4)19-5/h6-9,11,14,16H,1-5H3,(H,17,18). The van der Waals surface area contributed by atoms with Gasteiger partial charge < -0.3 is 15.2 Å². The number of methoxy groups -OCH3 is 1. The molecule has 4 heteroatoms. The first-order chi connectivity index (χ1) is 8.88. The van der Waals surface area contributed by atoms with Gasteiger partial charge in [0.15, 0.2) is 6.04 Å². The highest BCUT2D eigenvalue weighted by molar-refractivity contribution is 5.79. The Kier molecular flexibility index (Phi) is 5.36. The second-order valence-electron chi connectivity index (χ2n) is 5.09. The van der Waals surface area contributed by atoms with E-state index in [2.05, 4.69) is 19.2 Å². The topological polar surface area (TPSA) is 58.6 Å². The monoisotopic (exact) mass is 265 g/mol. The fourth-order valence-corrected chi connectivity index (χ4v) is 2.04. The van der Waals surface area contributed by atoms with Crippen LogP contribution in [-0.4, -0.2) is 30.3 Å². The first-order valence-corrected chi connectivity index (χ1v) is 6.50. The van der Waals surface area contributed by atoms with Crippen molar-refractivity contribution in [2.45, 2.75) is 45.8 Å². The lowest BCUT2D eigenvalue weighted by Gasteiger charge is -2.25. The second-order valence-corrected chi connectivity index (χ2v) is 5.09. The number of carbonyl (C=O) groups is 1. The fraction of sp³-hybridized carbons (Fsp3) is 0.533. The highest BCUT2D eigenvalue weighted by Gasteiger charge is 2.26. The first kappa shape index (κ1) is 15.5. The molecule has 0 aliphatic heterocycles. The van der Waals surface area contributed by atoms with E-state index in [1.165, 1.54) is 7.11 Å². The molecule has 0 saturated carbocycles. The normalized spacial score (nSPS) is 14.2. The number of para-hydroxylation sites is 1. The van der Waals surface area contributed by atoms with Crippen LogP contribution in [0.5, 0.6) is 0 Å². The lowest BCUT2D eigenvalue weighted by atomic mass is 9.97. The predicted octanol–water partition coefficient (Wildman–Crippen LogP) is 3.02. The smallest absolute Gasteiger partial charge is 0.328 e. The van der Waals surface area contributed by atoms with Crippen LogP contribution in [0.15, 0.2) is 18.2 Å². The maximum Gasteiger partial charge on any atom is 0.328 e. The summed E-state index contributed by atoms with van der Waals surface area (Å²) >= 11 is 0. The van der Waals surface area contributed by atoms with Crippen molar-refractivity contribution >= 4 is 11.7 Å². The van der Waals surface area contributed by atoms with E-state index in [0.29, 0.717) is 5.92 Å². The van der Waals surface area contributed by atoms with E-state index in [1.807, 2.05) is 25.1 Å². The van der Waals surface area contributed by atoms with Crippen LogP contribution in [0.3, 0.4) is 0 Å². The average Bonchev–Trinajstić information content (AvgIpc) is 2.35. The Balaban J connectivity index is 3.12. The molecule has 0 fully saturated rings. The number of carboxylic acid groups (broad SMARTS) is 1. The number of hydrogen-bond donors (Lipinski definition) is 2. The lowest BCUT2D eigenvalue weighted by molar-refractivity contribution is -0.140. The van der Waals surface area contributed by atoms with Gasteiger partial charge in [-0.1, -0.05) is 32.0 Å². The molecule has 2 unspecified atom stereocenters. The van der Waals surface area contributed by atoms with E-state index < -0.39 is 18.1 Å². The molecule has 1 rings (SSSR count). The average molecular weight is 265 g/mol. The molecule has 106 valence electrons. The second kappa shape index (κ2) is 6.57. The van der Waals surface area contributed by atoms with Crippen LogP contribution < -0.4 is 5.32 Å². The minimum atomic E-state index is -0.910. The van der Waals surface area contributed by atoms with Crippen molar-refractivity contribution in [1.29, 1.82) is 0 Å². The van der Waals surface area contributed by atoms with E-state index in [1.54, 1.807) is 6.92 Å². The van der Waals surface area contributed by atoms with Crippen LogP contribution in [0.1, 0.15) is 37.8 Å². The Bertz CT molecular complexity index is 443. The van der Waals surface area contributed by atoms with E-state index in [0.717, 1.165) is 16.8 Å². The van der Waals surface area contributed by atoms with Crippen LogP contribution in [0.25, 0.3) is 0 Å². The molecule has 4 nitrogen and oxygen atoms in total. The summed E-state index contributed by atoms with van der Waals surface area (Å²) in [5.74, 6) is -0.581. The summed E-state index contributed by atoms with van der Waals surface area (Å²) in [5.41, 5.74) is 3.06. The highest BCUT2D eigenvalue weighted by Crippen LogP contribution is 2.28. The molecule has 2 N–H and O–H groups in total. The number of aryl methyl sites for hydroxylation is 1. The quantitative estimate of drug-likeness (QED) is 0.830. The summed E-state index contributed by atoms with van der Waals surface area (Å²) in [6.45, 7) is 7.91. The van der Waals surface area contributed by atoms with Gasteiger partial charge >= 0.3 is 5.97 Å². The van der Waals surface area contributed by atoms with Gasteiger partial charge in [-0.25, -0.2) is 4.79 Å². The Morgan fingerprint density at radius 1 is 1.32 bits per heavy atom. The molecular formula is C15H23NO3.